The lowest BCUT2D eigenvalue weighted by Gasteiger charge is -2.23. The van der Waals surface area contributed by atoms with Crippen LogP contribution in [0.4, 0.5) is 5.69 Å². The Balaban J connectivity index is 1.91. The molecule has 1 saturated carbocycles. The molecule has 0 heterocycles. The Morgan fingerprint density at radius 3 is 2.58 bits per heavy atom. The molecule has 1 fully saturated rings. The maximum atomic E-state index is 11.9. The summed E-state index contributed by atoms with van der Waals surface area (Å²) >= 11 is 0. The van der Waals surface area contributed by atoms with Gasteiger partial charge in [-0.3, -0.25) is 4.79 Å². The molecule has 2 rings (SSSR count). The first kappa shape index (κ1) is 14.1. The first-order valence-electron chi connectivity index (χ1n) is 7.07. The first-order valence-corrected chi connectivity index (χ1v) is 7.07. The molecule has 0 aromatic heterocycles. The van der Waals surface area contributed by atoms with Gasteiger partial charge in [0.25, 0.3) is 0 Å². The monoisotopic (exact) mass is 260 g/mol. The molecule has 104 valence electrons. The molecule has 0 aliphatic heterocycles. The second-order valence-electron chi connectivity index (χ2n) is 6.42. The molecule has 0 bridgehead atoms. The van der Waals surface area contributed by atoms with E-state index in [1.54, 1.807) is 0 Å². The van der Waals surface area contributed by atoms with Crippen LogP contribution in [0.15, 0.2) is 24.3 Å². The third-order valence-electron chi connectivity index (χ3n) is 3.42. The summed E-state index contributed by atoms with van der Waals surface area (Å²) in [5.74, 6) is 0.840. The number of anilines is 1. The van der Waals surface area contributed by atoms with Crippen molar-refractivity contribution < 1.29 is 4.79 Å². The van der Waals surface area contributed by atoms with Gasteiger partial charge in [-0.2, -0.15) is 0 Å². The van der Waals surface area contributed by atoms with Crippen LogP contribution in [0.3, 0.4) is 0 Å². The minimum atomic E-state index is 0.0331. The van der Waals surface area contributed by atoms with E-state index in [9.17, 15) is 4.79 Å². The fraction of sp³-hybridized carbons (Fsp3) is 0.562. The molecule has 3 nitrogen and oxygen atoms in total. The van der Waals surface area contributed by atoms with E-state index < -0.39 is 0 Å². The average molecular weight is 260 g/mol. The number of benzene rings is 1. The molecule has 1 aliphatic rings. The summed E-state index contributed by atoms with van der Waals surface area (Å²) in [7, 11) is 0. The van der Waals surface area contributed by atoms with Gasteiger partial charge >= 0.3 is 0 Å². The Morgan fingerprint density at radius 1 is 1.26 bits per heavy atom. The van der Waals surface area contributed by atoms with E-state index in [1.807, 2.05) is 18.2 Å². The van der Waals surface area contributed by atoms with Crippen molar-refractivity contribution in [1.29, 1.82) is 0 Å². The summed E-state index contributed by atoms with van der Waals surface area (Å²) in [4.78, 5) is 11.9. The van der Waals surface area contributed by atoms with Crippen molar-refractivity contribution in [1.82, 2.24) is 5.32 Å². The quantitative estimate of drug-likeness (QED) is 0.854. The Bertz CT molecular complexity index is 444. The number of rotatable bonds is 5. The molecule has 1 amide bonds. The second-order valence-corrected chi connectivity index (χ2v) is 6.42. The molecular formula is C16H24N2O. The van der Waals surface area contributed by atoms with Gasteiger partial charge in [-0.25, -0.2) is 0 Å². The molecule has 0 atom stereocenters. The summed E-state index contributed by atoms with van der Waals surface area (Å²) in [6.07, 6.45) is 2.61. The van der Waals surface area contributed by atoms with Gasteiger partial charge in [-0.05, 0) is 42.3 Å². The van der Waals surface area contributed by atoms with Crippen molar-refractivity contribution in [2.75, 3.05) is 18.4 Å². The molecule has 1 aliphatic carbocycles. The lowest BCUT2D eigenvalue weighted by atomic mass is 9.86. The first-order chi connectivity index (χ1) is 8.97. The highest BCUT2D eigenvalue weighted by Crippen LogP contribution is 2.29. The Kier molecular flexibility index (Phi) is 4.25. The highest BCUT2D eigenvalue weighted by atomic mass is 16.1. The fourth-order valence-electron chi connectivity index (χ4n) is 2.15. The SMILES string of the molecule is CC(C)(C)c1ccccc1NC(=O)CNCC1CC1. The lowest BCUT2D eigenvalue weighted by molar-refractivity contribution is -0.115. The highest BCUT2D eigenvalue weighted by molar-refractivity contribution is 5.93. The number of nitrogens with one attached hydrogen (secondary N) is 2. The van der Waals surface area contributed by atoms with Crippen molar-refractivity contribution in [2.24, 2.45) is 5.92 Å². The van der Waals surface area contributed by atoms with E-state index in [1.165, 1.54) is 18.4 Å². The Labute approximate surface area is 115 Å². The van der Waals surface area contributed by atoms with Crippen LogP contribution in [0.25, 0.3) is 0 Å². The van der Waals surface area contributed by atoms with Gasteiger partial charge < -0.3 is 10.6 Å². The standard InChI is InChI=1S/C16H24N2O/c1-16(2,3)13-6-4-5-7-14(13)18-15(19)11-17-10-12-8-9-12/h4-7,12,17H,8-11H2,1-3H3,(H,18,19). The van der Waals surface area contributed by atoms with Gasteiger partial charge in [-0.1, -0.05) is 39.0 Å². The lowest BCUT2D eigenvalue weighted by Crippen LogP contribution is -2.30. The van der Waals surface area contributed by atoms with Gasteiger partial charge in [0, 0.05) is 5.69 Å². The van der Waals surface area contributed by atoms with E-state index in [-0.39, 0.29) is 11.3 Å². The molecule has 1 aromatic carbocycles. The third kappa shape index (κ3) is 4.35. The largest absolute Gasteiger partial charge is 0.325 e. The molecule has 0 radical (unpaired) electrons. The molecule has 0 saturated heterocycles. The smallest absolute Gasteiger partial charge is 0.238 e. The van der Waals surface area contributed by atoms with Gasteiger partial charge in [-0.15, -0.1) is 0 Å². The van der Waals surface area contributed by atoms with Crippen molar-refractivity contribution in [3.63, 3.8) is 0 Å². The van der Waals surface area contributed by atoms with E-state index in [0.717, 1.165) is 18.2 Å². The van der Waals surface area contributed by atoms with Gasteiger partial charge in [0.2, 0.25) is 5.91 Å². The number of carbonyl (C=O) groups is 1. The maximum Gasteiger partial charge on any atom is 0.238 e. The fourth-order valence-corrected chi connectivity index (χ4v) is 2.15. The van der Waals surface area contributed by atoms with E-state index in [0.29, 0.717) is 6.54 Å². The van der Waals surface area contributed by atoms with Crippen molar-refractivity contribution in [3.05, 3.63) is 29.8 Å². The molecule has 0 spiro atoms. The van der Waals surface area contributed by atoms with Gasteiger partial charge in [0.05, 0.1) is 6.54 Å². The summed E-state index contributed by atoms with van der Waals surface area (Å²) in [5, 5.41) is 6.22. The van der Waals surface area contributed by atoms with Crippen molar-refractivity contribution >= 4 is 11.6 Å². The zero-order valence-electron chi connectivity index (χ0n) is 12.1. The summed E-state index contributed by atoms with van der Waals surface area (Å²) < 4.78 is 0. The number of carbonyl (C=O) groups excluding carboxylic acids is 1. The number of hydrogen-bond acceptors (Lipinski definition) is 2. The van der Waals surface area contributed by atoms with Crippen molar-refractivity contribution in [3.8, 4) is 0 Å². The topological polar surface area (TPSA) is 41.1 Å². The molecular weight excluding hydrogens is 236 g/mol. The van der Waals surface area contributed by atoms with Crippen LogP contribution in [0, 0.1) is 5.92 Å². The molecule has 2 N–H and O–H groups in total. The maximum absolute atomic E-state index is 11.9. The predicted molar refractivity (Wildman–Crippen MR) is 79.4 cm³/mol. The van der Waals surface area contributed by atoms with Crippen molar-refractivity contribution in [2.45, 2.75) is 39.0 Å². The molecule has 19 heavy (non-hydrogen) atoms. The molecule has 1 aromatic rings. The van der Waals surface area contributed by atoms with Gasteiger partial charge in [0.1, 0.15) is 0 Å². The van der Waals surface area contributed by atoms with Crippen LogP contribution in [-0.4, -0.2) is 19.0 Å². The molecule has 3 heteroatoms. The summed E-state index contributed by atoms with van der Waals surface area (Å²) in [6, 6.07) is 8.02. The second kappa shape index (κ2) is 5.74. The van der Waals surface area contributed by atoms with E-state index >= 15 is 0 Å². The number of hydrogen-bond donors (Lipinski definition) is 2. The van der Waals surface area contributed by atoms with E-state index in [4.69, 9.17) is 0 Å². The zero-order chi connectivity index (χ0) is 13.9. The minimum absolute atomic E-state index is 0.0331. The van der Waals surface area contributed by atoms with Crippen LogP contribution >= 0.6 is 0 Å². The normalized spacial score (nSPS) is 15.3. The Hall–Kier alpha value is -1.35. The van der Waals surface area contributed by atoms with E-state index in [2.05, 4.69) is 37.5 Å². The third-order valence-corrected chi connectivity index (χ3v) is 3.42. The summed E-state index contributed by atoms with van der Waals surface area (Å²) in [5.41, 5.74) is 2.13. The predicted octanol–water partition coefficient (Wildman–Crippen LogP) is 2.92. The Morgan fingerprint density at radius 2 is 1.95 bits per heavy atom. The number of amides is 1. The van der Waals surface area contributed by atoms with Crippen LogP contribution in [0.5, 0.6) is 0 Å². The molecule has 0 unspecified atom stereocenters. The average Bonchev–Trinajstić information content (AvgIpc) is 3.12. The summed E-state index contributed by atoms with van der Waals surface area (Å²) in [6.45, 7) is 7.83. The van der Waals surface area contributed by atoms with Crippen LogP contribution < -0.4 is 10.6 Å². The van der Waals surface area contributed by atoms with Crippen LogP contribution in [0.2, 0.25) is 0 Å². The highest BCUT2D eigenvalue weighted by Gasteiger charge is 2.21. The van der Waals surface area contributed by atoms with Gasteiger partial charge in [0.15, 0.2) is 0 Å². The minimum Gasteiger partial charge on any atom is -0.325 e. The zero-order valence-corrected chi connectivity index (χ0v) is 12.1. The number of para-hydroxylation sites is 1. The van der Waals surface area contributed by atoms with Crippen LogP contribution in [0.1, 0.15) is 39.2 Å². The van der Waals surface area contributed by atoms with Crippen LogP contribution in [-0.2, 0) is 10.2 Å².